The fourth-order valence-corrected chi connectivity index (χ4v) is 5.11. The predicted octanol–water partition coefficient (Wildman–Crippen LogP) is -0.443. The number of anilines is 2. The number of nitro benzene ring substituents is 1. The number of benzene rings is 3. The molecule has 194 valence electrons. The van der Waals surface area contributed by atoms with Crippen LogP contribution in [0.25, 0.3) is 10.8 Å². The molecule has 0 atom stereocenters. The summed E-state index contributed by atoms with van der Waals surface area (Å²) in [6.07, 6.45) is 0. The molecule has 5 N–H and O–H groups in total. The molecule has 37 heavy (non-hydrogen) atoms. The van der Waals surface area contributed by atoms with E-state index >= 15 is 0 Å². The van der Waals surface area contributed by atoms with Gasteiger partial charge in [0.05, 0.1) is 20.4 Å². The van der Waals surface area contributed by atoms with Gasteiger partial charge in [0.1, 0.15) is 4.90 Å². The molecule has 0 aromatic heterocycles. The molecular weight excluding hydrogens is 569 g/mol. The molecule has 0 aliphatic rings. The Morgan fingerprint density at radius 2 is 1.41 bits per heavy atom. The minimum Gasteiger partial charge on any atom is -1.00 e. The molecule has 15 nitrogen and oxygen atoms in total. The number of carbonyl (C=O) groups is 1. The predicted molar refractivity (Wildman–Crippen MR) is 125 cm³/mol. The van der Waals surface area contributed by atoms with Crippen LogP contribution in [0.2, 0.25) is 0 Å². The van der Waals surface area contributed by atoms with E-state index in [1.54, 1.807) is 0 Å². The standard InChI is InChI=1S/C18H15N3O12S3.Na.H/c1-9-2-3-11(6-15(9)21(23)24)19-18(22)20-14-7-12(34(25,26)27)4-10-5-13(35(28,29)30)8-16(17(10)14)36(31,32)33;;/h2-8H,1H3,(H2,19,20,22)(H,25,26,27)(H,28,29,30)(H,31,32,33);;/q;+1;-1. The largest absolute Gasteiger partial charge is 1.00 e. The van der Waals surface area contributed by atoms with Crippen LogP contribution >= 0.6 is 0 Å². The van der Waals surface area contributed by atoms with Crippen molar-refractivity contribution in [1.29, 1.82) is 0 Å². The average molecular weight is 586 g/mol. The zero-order chi connectivity index (χ0) is 27.2. The number of carbonyl (C=O) groups excluding carboxylic acids is 1. The average Bonchev–Trinajstić information content (AvgIpc) is 2.71. The third-order valence-electron chi connectivity index (χ3n) is 4.75. The van der Waals surface area contributed by atoms with Crippen LogP contribution < -0.4 is 40.2 Å². The summed E-state index contributed by atoms with van der Waals surface area (Å²) in [7, 11) is -15.3. The summed E-state index contributed by atoms with van der Waals surface area (Å²) in [6.45, 7) is 1.45. The summed E-state index contributed by atoms with van der Waals surface area (Å²) >= 11 is 0. The summed E-state index contributed by atoms with van der Waals surface area (Å²) in [5.74, 6) is 0. The maximum absolute atomic E-state index is 12.6. The van der Waals surface area contributed by atoms with Crippen molar-refractivity contribution in [3.63, 3.8) is 0 Å². The Kier molecular flexibility index (Phi) is 8.74. The van der Waals surface area contributed by atoms with Gasteiger partial charge in [0, 0.05) is 22.7 Å². The molecular formula is C18H16N3NaO12S3. The Balaban J connectivity index is 0.00000361. The van der Waals surface area contributed by atoms with Crippen molar-refractivity contribution >= 4 is 64.2 Å². The van der Waals surface area contributed by atoms with Crippen LogP contribution in [0.5, 0.6) is 0 Å². The zero-order valence-corrected chi connectivity index (χ0v) is 23.2. The molecule has 2 amide bonds. The number of nitrogens with zero attached hydrogens (tertiary/aromatic N) is 1. The van der Waals surface area contributed by atoms with E-state index in [0.717, 1.165) is 6.07 Å². The normalized spacial score (nSPS) is 12.0. The number of urea groups is 1. The number of amides is 2. The van der Waals surface area contributed by atoms with E-state index in [-0.39, 0.29) is 47.9 Å². The number of hydrogen-bond acceptors (Lipinski definition) is 9. The van der Waals surface area contributed by atoms with Crippen LogP contribution in [0.3, 0.4) is 0 Å². The van der Waals surface area contributed by atoms with Crippen LogP contribution in [0, 0.1) is 17.0 Å². The first-order valence-corrected chi connectivity index (χ1v) is 13.6. The second kappa shape index (κ2) is 10.6. The van der Waals surface area contributed by atoms with E-state index in [2.05, 4.69) is 10.6 Å². The Morgan fingerprint density at radius 3 is 1.89 bits per heavy atom. The number of nitrogens with one attached hydrogen (secondary N) is 2. The van der Waals surface area contributed by atoms with Gasteiger partial charge in [-0.2, -0.15) is 25.3 Å². The van der Waals surface area contributed by atoms with Gasteiger partial charge in [0.25, 0.3) is 36.0 Å². The van der Waals surface area contributed by atoms with E-state index < -0.39 is 72.5 Å². The summed E-state index contributed by atoms with van der Waals surface area (Å²) in [5.41, 5.74) is -0.763. The van der Waals surface area contributed by atoms with Crippen molar-refractivity contribution in [2.24, 2.45) is 0 Å². The first kappa shape index (κ1) is 30.5. The van der Waals surface area contributed by atoms with E-state index in [1.807, 2.05) is 0 Å². The molecule has 0 saturated heterocycles. The van der Waals surface area contributed by atoms with Gasteiger partial charge in [-0.05, 0) is 42.6 Å². The first-order valence-electron chi connectivity index (χ1n) is 9.25. The van der Waals surface area contributed by atoms with E-state index in [9.17, 15) is 53.8 Å². The molecule has 0 fully saturated rings. The van der Waals surface area contributed by atoms with Gasteiger partial charge < -0.3 is 12.1 Å². The molecule has 0 unspecified atom stereocenters. The summed E-state index contributed by atoms with van der Waals surface area (Å²) < 4.78 is 99.0. The molecule has 0 saturated carbocycles. The number of hydrogen-bond donors (Lipinski definition) is 5. The zero-order valence-electron chi connectivity index (χ0n) is 19.7. The van der Waals surface area contributed by atoms with E-state index in [0.29, 0.717) is 24.3 Å². The molecule has 0 aliphatic carbocycles. The molecule has 0 aliphatic heterocycles. The fraction of sp³-hybridized carbons (Fsp3) is 0.0556. The molecule has 0 heterocycles. The van der Waals surface area contributed by atoms with Crippen molar-refractivity contribution in [3.8, 4) is 0 Å². The maximum Gasteiger partial charge on any atom is 1.00 e. The fourth-order valence-electron chi connectivity index (χ4n) is 3.19. The van der Waals surface area contributed by atoms with Gasteiger partial charge in [-0.3, -0.25) is 23.8 Å². The first-order chi connectivity index (χ1) is 16.4. The number of fused-ring (bicyclic) bond motifs is 1. The third kappa shape index (κ3) is 7.00. The van der Waals surface area contributed by atoms with Crippen molar-refractivity contribution < 1.29 is 79.6 Å². The monoisotopic (exact) mass is 585 g/mol. The van der Waals surface area contributed by atoms with Crippen molar-refractivity contribution in [3.05, 3.63) is 58.1 Å². The third-order valence-corrected chi connectivity index (χ3v) is 7.29. The smallest absolute Gasteiger partial charge is 1.00 e. The van der Waals surface area contributed by atoms with Crippen LogP contribution in [-0.4, -0.2) is 49.9 Å². The van der Waals surface area contributed by atoms with Crippen LogP contribution in [-0.2, 0) is 30.4 Å². The SMILES string of the molecule is Cc1ccc(NC(=O)Nc2cc(S(=O)(=O)O)cc3cc(S(=O)(=O)O)cc(S(=O)(=O)O)c23)cc1[N+](=O)[O-].[H-].[Na+]. The van der Waals surface area contributed by atoms with Crippen LogP contribution in [0.15, 0.2) is 57.2 Å². The van der Waals surface area contributed by atoms with E-state index in [1.165, 1.54) is 19.1 Å². The Hall–Kier alpha value is -2.68. The second-order valence-corrected chi connectivity index (χ2v) is 11.5. The molecule has 19 heteroatoms. The van der Waals surface area contributed by atoms with Gasteiger partial charge in [-0.15, -0.1) is 0 Å². The topological polar surface area (TPSA) is 247 Å². The van der Waals surface area contributed by atoms with Gasteiger partial charge in [-0.1, -0.05) is 6.07 Å². The van der Waals surface area contributed by atoms with Crippen molar-refractivity contribution in [2.45, 2.75) is 21.6 Å². The van der Waals surface area contributed by atoms with E-state index in [4.69, 9.17) is 0 Å². The van der Waals surface area contributed by atoms with Gasteiger partial charge in [-0.25, -0.2) is 4.79 Å². The molecule has 3 aromatic rings. The molecule has 0 radical (unpaired) electrons. The van der Waals surface area contributed by atoms with Crippen molar-refractivity contribution in [1.82, 2.24) is 0 Å². The summed E-state index contributed by atoms with van der Waals surface area (Å²) in [5, 5.41) is 14.3. The summed E-state index contributed by atoms with van der Waals surface area (Å²) in [6, 6.07) is 4.75. The van der Waals surface area contributed by atoms with Gasteiger partial charge in [0.15, 0.2) is 0 Å². The maximum atomic E-state index is 12.6. The molecule has 3 aromatic carbocycles. The molecule has 0 bridgehead atoms. The van der Waals surface area contributed by atoms with Crippen LogP contribution in [0.4, 0.5) is 21.9 Å². The quantitative estimate of drug-likeness (QED) is 0.107. The Morgan fingerprint density at radius 1 is 0.865 bits per heavy atom. The Bertz CT molecular complexity index is 1770. The van der Waals surface area contributed by atoms with Crippen LogP contribution in [0.1, 0.15) is 6.99 Å². The minimum atomic E-state index is -5.23. The Labute approximate surface area is 233 Å². The number of nitro groups is 1. The number of rotatable bonds is 6. The number of aryl methyl sites for hydroxylation is 1. The minimum absolute atomic E-state index is 0. The van der Waals surface area contributed by atoms with Gasteiger partial charge in [0.2, 0.25) is 0 Å². The van der Waals surface area contributed by atoms with Crippen molar-refractivity contribution in [2.75, 3.05) is 10.6 Å². The molecule has 0 spiro atoms. The second-order valence-electron chi connectivity index (χ2n) is 7.25. The molecule has 3 rings (SSSR count). The summed E-state index contributed by atoms with van der Waals surface area (Å²) in [4.78, 5) is 19.9. The van der Waals surface area contributed by atoms with Gasteiger partial charge >= 0.3 is 35.6 Å².